The Labute approximate surface area is 86.6 Å². The third-order valence-electron chi connectivity index (χ3n) is 1.70. The lowest BCUT2D eigenvalue weighted by Gasteiger charge is -1.98. The number of esters is 1. The van der Waals surface area contributed by atoms with Gasteiger partial charge in [0.15, 0.2) is 5.43 Å². The first-order valence-corrected chi connectivity index (χ1v) is 4.47. The van der Waals surface area contributed by atoms with E-state index in [0.29, 0.717) is 6.61 Å². The van der Waals surface area contributed by atoms with Crippen LogP contribution in [-0.2, 0) is 9.53 Å². The molecule has 5 nitrogen and oxygen atoms in total. The lowest BCUT2D eigenvalue weighted by Crippen LogP contribution is -2.09. The molecule has 0 saturated heterocycles. The Morgan fingerprint density at radius 2 is 2.40 bits per heavy atom. The fraction of sp³-hybridized carbons (Fsp3) is 0.200. The maximum atomic E-state index is 11.3. The molecule has 0 atom stereocenters. The van der Waals surface area contributed by atoms with Gasteiger partial charge in [0.1, 0.15) is 5.82 Å². The van der Waals surface area contributed by atoms with E-state index in [9.17, 15) is 9.59 Å². The van der Waals surface area contributed by atoms with Crippen molar-refractivity contribution in [1.29, 1.82) is 0 Å². The van der Waals surface area contributed by atoms with Crippen molar-refractivity contribution in [1.82, 2.24) is 4.98 Å². The van der Waals surface area contributed by atoms with Crippen LogP contribution in [0.2, 0.25) is 0 Å². The van der Waals surface area contributed by atoms with Crippen LogP contribution in [0.1, 0.15) is 12.5 Å². The summed E-state index contributed by atoms with van der Waals surface area (Å²) in [5.41, 5.74) is 5.53. The van der Waals surface area contributed by atoms with Crippen molar-refractivity contribution in [2.45, 2.75) is 6.92 Å². The van der Waals surface area contributed by atoms with Crippen LogP contribution in [0.15, 0.2) is 23.1 Å². The van der Waals surface area contributed by atoms with Crippen molar-refractivity contribution in [2.75, 3.05) is 12.3 Å². The standard InChI is InChI=1S/C10H12N2O3/c1-2-15-9(14)4-3-7-8(13)5-6-12-10(7)11/h3-6H,2H2,1H3,(H3,11,12,13)/b4-3+. The number of ether oxygens (including phenoxy) is 1. The summed E-state index contributed by atoms with van der Waals surface area (Å²) in [4.78, 5) is 25.0. The third-order valence-corrected chi connectivity index (χ3v) is 1.70. The number of hydrogen-bond acceptors (Lipinski definition) is 4. The highest BCUT2D eigenvalue weighted by molar-refractivity contribution is 5.87. The zero-order valence-electron chi connectivity index (χ0n) is 8.32. The van der Waals surface area contributed by atoms with Crippen molar-refractivity contribution in [3.8, 4) is 0 Å². The molecule has 5 heteroatoms. The van der Waals surface area contributed by atoms with Crippen LogP contribution in [-0.4, -0.2) is 17.6 Å². The van der Waals surface area contributed by atoms with Crippen LogP contribution in [0, 0.1) is 0 Å². The number of anilines is 1. The lowest BCUT2D eigenvalue weighted by molar-refractivity contribution is -0.137. The van der Waals surface area contributed by atoms with E-state index in [1.807, 2.05) is 0 Å². The minimum absolute atomic E-state index is 0.225. The smallest absolute Gasteiger partial charge is 0.330 e. The zero-order chi connectivity index (χ0) is 11.3. The summed E-state index contributed by atoms with van der Waals surface area (Å²) >= 11 is 0. The summed E-state index contributed by atoms with van der Waals surface area (Å²) in [6.07, 6.45) is 3.95. The Morgan fingerprint density at radius 1 is 1.67 bits per heavy atom. The maximum Gasteiger partial charge on any atom is 0.330 e. The van der Waals surface area contributed by atoms with Crippen LogP contribution < -0.4 is 11.2 Å². The lowest BCUT2D eigenvalue weighted by atomic mass is 10.2. The summed E-state index contributed by atoms with van der Waals surface area (Å²) < 4.78 is 4.66. The van der Waals surface area contributed by atoms with E-state index in [0.717, 1.165) is 0 Å². The largest absolute Gasteiger partial charge is 0.463 e. The molecular formula is C10H12N2O3. The van der Waals surface area contributed by atoms with Gasteiger partial charge in [-0.15, -0.1) is 0 Å². The molecule has 1 heterocycles. The number of nitrogens with two attached hydrogens (primary N) is 1. The summed E-state index contributed by atoms with van der Waals surface area (Å²) in [7, 11) is 0. The molecular weight excluding hydrogens is 196 g/mol. The van der Waals surface area contributed by atoms with Gasteiger partial charge < -0.3 is 15.5 Å². The van der Waals surface area contributed by atoms with Crippen molar-refractivity contribution >= 4 is 17.9 Å². The Kier molecular flexibility index (Phi) is 3.68. The molecule has 15 heavy (non-hydrogen) atoms. The molecule has 0 radical (unpaired) electrons. The molecule has 0 aromatic carbocycles. The second kappa shape index (κ2) is 4.99. The van der Waals surface area contributed by atoms with E-state index < -0.39 is 5.97 Å². The van der Waals surface area contributed by atoms with Crippen LogP contribution >= 0.6 is 0 Å². The minimum atomic E-state index is -0.500. The van der Waals surface area contributed by atoms with Crippen molar-refractivity contribution < 1.29 is 9.53 Å². The maximum absolute atomic E-state index is 11.3. The number of aromatic nitrogens is 1. The first kappa shape index (κ1) is 11.0. The highest BCUT2D eigenvalue weighted by atomic mass is 16.5. The van der Waals surface area contributed by atoms with E-state index >= 15 is 0 Å². The third kappa shape index (κ3) is 2.98. The van der Waals surface area contributed by atoms with Crippen LogP contribution in [0.25, 0.3) is 6.08 Å². The van der Waals surface area contributed by atoms with Crippen LogP contribution in [0.5, 0.6) is 0 Å². The Hall–Kier alpha value is -2.04. The molecule has 0 aliphatic rings. The predicted octanol–water partition coefficient (Wildman–Crippen LogP) is 0.533. The Balaban J connectivity index is 2.90. The predicted molar refractivity (Wildman–Crippen MR) is 57.1 cm³/mol. The number of H-pyrrole nitrogens is 1. The van der Waals surface area contributed by atoms with E-state index in [1.54, 1.807) is 6.92 Å². The number of carbonyl (C=O) groups excluding carboxylic acids is 1. The number of hydrogen-bond donors (Lipinski definition) is 2. The van der Waals surface area contributed by atoms with Crippen molar-refractivity contribution in [3.05, 3.63) is 34.1 Å². The average Bonchev–Trinajstić information content (AvgIpc) is 2.17. The number of nitrogen functional groups attached to an aromatic ring is 1. The number of nitrogens with one attached hydrogen (secondary N) is 1. The molecule has 1 aromatic heterocycles. The topological polar surface area (TPSA) is 85.2 Å². The van der Waals surface area contributed by atoms with E-state index in [2.05, 4.69) is 9.72 Å². The molecule has 1 rings (SSSR count). The highest BCUT2D eigenvalue weighted by Crippen LogP contribution is 2.03. The first-order valence-electron chi connectivity index (χ1n) is 4.47. The summed E-state index contributed by atoms with van der Waals surface area (Å²) in [5.74, 6) is -0.275. The SMILES string of the molecule is CCOC(=O)/C=C/c1c(N)[nH]ccc1=O. The number of pyridine rings is 1. The van der Waals surface area contributed by atoms with Gasteiger partial charge in [-0.25, -0.2) is 4.79 Å². The van der Waals surface area contributed by atoms with Crippen LogP contribution in [0.4, 0.5) is 5.82 Å². The summed E-state index contributed by atoms with van der Waals surface area (Å²) in [5, 5.41) is 0. The van der Waals surface area contributed by atoms with Gasteiger partial charge in [0.05, 0.1) is 12.2 Å². The molecule has 0 aliphatic carbocycles. The average molecular weight is 208 g/mol. The minimum Gasteiger partial charge on any atom is -0.463 e. The van der Waals surface area contributed by atoms with Crippen molar-refractivity contribution in [2.24, 2.45) is 0 Å². The second-order valence-electron chi connectivity index (χ2n) is 2.75. The first-order chi connectivity index (χ1) is 7.15. The van der Waals surface area contributed by atoms with Gasteiger partial charge in [0, 0.05) is 18.3 Å². The molecule has 0 bridgehead atoms. The van der Waals surface area contributed by atoms with E-state index in [-0.39, 0.29) is 16.8 Å². The van der Waals surface area contributed by atoms with Crippen LogP contribution in [0.3, 0.4) is 0 Å². The van der Waals surface area contributed by atoms with Gasteiger partial charge in [0.2, 0.25) is 0 Å². The molecule has 0 aliphatic heterocycles. The van der Waals surface area contributed by atoms with Gasteiger partial charge in [-0.05, 0) is 13.0 Å². The summed E-state index contributed by atoms with van der Waals surface area (Å²) in [6.45, 7) is 2.00. The normalized spacial score (nSPS) is 10.5. The molecule has 1 aromatic rings. The van der Waals surface area contributed by atoms with E-state index in [4.69, 9.17) is 5.73 Å². The fourth-order valence-electron chi connectivity index (χ4n) is 1.02. The molecule has 0 fully saturated rings. The second-order valence-corrected chi connectivity index (χ2v) is 2.75. The van der Waals surface area contributed by atoms with Gasteiger partial charge >= 0.3 is 5.97 Å². The molecule has 0 unspecified atom stereocenters. The van der Waals surface area contributed by atoms with Gasteiger partial charge in [-0.2, -0.15) is 0 Å². The molecule has 0 spiro atoms. The molecule has 3 N–H and O–H groups in total. The summed E-state index contributed by atoms with van der Waals surface area (Å²) in [6, 6.07) is 1.33. The van der Waals surface area contributed by atoms with E-state index in [1.165, 1.54) is 24.4 Å². The van der Waals surface area contributed by atoms with Gasteiger partial charge in [0.25, 0.3) is 0 Å². The Morgan fingerprint density at radius 3 is 3.00 bits per heavy atom. The highest BCUT2D eigenvalue weighted by Gasteiger charge is 2.01. The Bertz CT molecular complexity index is 435. The molecule has 0 amide bonds. The quantitative estimate of drug-likeness (QED) is 0.560. The molecule has 80 valence electrons. The molecule has 0 saturated carbocycles. The zero-order valence-corrected chi connectivity index (χ0v) is 8.32. The van der Waals surface area contributed by atoms with Gasteiger partial charge in [-0.3, -0.25) is 4.79 Å². The number of aromatic amines is 1. The monoisotopic (exact) mass is 208 g/mol. The van der Waals surface area contributed by atoms with Gasteiger partial charge in [-0.1, -0.05) is 0 Å². The van der Waals surface area contributed by atoms with Crippen molar-refractivity contribution in [3.63, 3.8) is 0 Å². The number of carbonyl (C=O) groups is 1. The fourth-order valence-corrected chi connectivity index (χ4v) is 1.02. The number of rotatable bonds is 3.